The number of hydrogen-bond donors (Lipinski definition) is 0. The lowest BCUT2D eigenvalue weighted by atomic mass is 9.97. The molecule has 84 valence electrons. The highest BCUT2D eigenvalue weighted by molar-refractivity contribution is 5.03. The molecule has 0 aliphatic carbocycles. The Morgan fingerprint density at radius 1 is 1.29 bits per heavy atom. The SMILES string of the molecule is CC/C=C(\CCC)C[C@H](C)C(F)(F)F. The zero-order valence-electron chi connectivity index (χ0n) is 9.12. The summed E-state index contributed by atoms with van der Waals surface area (Å²) < 4.78 is 36.8. The predicted octanol–water partition coefficient (Wildman–Crippen LogP) is 4.71. The number of alkyl halides is 3. The molecule has 0 rings (SSSR count). The van der Waals surface area contributed by atoms with Crippen LogP contribution in [0.15, 0.2) is 11.6 Å². The van der Waals surface area contributed by atoms with Crippen LogP contribution in [-0.2, 0) is 0 Å². The Morgan fingerprint density at radius 2 is 1.86 bits per heavy atom. The summed E-state index contributed by atoms with van der Waals surface area (Å²) >= 11 is 0. The number of hydrogen-bond acceptors (Lipinski definition) is 0. The van der Waals surface area contributed by atoms with Crippen molar-refractivity contribution in [1.82, 2.24) is 0 Å². The van der Waals surface area contributed by atoms with Gasteiger partial charge in [0.05, 0.1) is 5.92 Å². The first-order chi connectivity index (χ1) is 6.41. The van der Waals surface area contributed by atoms with Crippen molar-refractivity contribution in [2.45, 2.75) is 52.6 Å². The molecule has 0 heterocycles. The fourth-order valence-electron chi connectivity index (χ4n) is 1.41. The first kappa shape index (κ1) is 13.5. The molecule has 0 nitrogen and oxygen atoms in total. The van der Waals surface area contributed by atoms with Crippen molar-refractivity contribution in [2.24, 2.45) is 5.92 Å². The van der Waals surface area contributed by atoms with Gasteiger partial charge in [-0.15, -0.1) is 0 Å². The largest absolute Gasteiger partial charge is 0.391 e. The quantitative estimate of drug-likeness (QED) is 0.574. The van der Waals surface area contributed by atoms with Gasteiger partial charge in [-0.1, -0.05) is 38.8 Å². The Bertz CT molecular complexity index is 179. The highest BCUT2D eigenvalue weighted by Crippen LogP contribution is 2.31. The maximum Gasteiger partial charge on any atom is 0.391 e. The highest BCUT2D eigenvalue weighted by atomic mass is 19.4. The van der Waals surface area contributed by atoms with Crippen molar-refractivity contribution < 1.29 is 13.2 Å². The van der Waals surface area contributed by atoms with E-state index in [2.05, 4.69) is 0 Å². The second-order valence-electron chi connectivity index (χ2n) is 3.67. The fourth-order valence-corrected chi connectivity index (χ4v) is 1.41. The van der Waals surface area contributed by atoms with Crippen molar-refractivity contribution in [2.75, 3.05) is 0 Å². The molecule has 1 atom stereocenters. The number of allylic oxidation sites excluding steroid dienone is 2. The van der Waals surface area contributed by atoms with Crippen LogP contribution < -0.4 is 0 Å². The van der Waals surface area contributed by atoms with E-state index in [0.29, 0.717) is 0 Å². The van der Waals surface area contributed by atoms with Gasteiger partial charge in [-0.05, 0) is 19.3 Å². The average Bonchev–Trinajstić information content (AvgIpc) is 2.03. The van der Waals surface area contributed by atoms with Crippen LogP contribution in [0.5, 0.6) is 0 Å². The lowest BCUT2D eigenvalue weighted by molar-refractivity contribution is -0.169. The second kappa shape index (κ2) is 6.10. The van der Waals surface area contributed by atoms with Gasteiger partial charge in [0.2, 0.25) is 0 Å². The summed E-state index contributed by atoms with van der Waals surface area (Å²) in [6.07, 6.45) is 0.544. The van der Waals surface area contributed by atoms with Gasteiger partial charge < -0.3 is 0 Å². The Hall–Kier alpha value is -0.470. The van der Waals surface area contributed by atoms with Gasteiger partial charge in [-0.2, -0.15) is 13.2 Å². The molecule has 0 saturated carbocycles. The molecule has 0 spiro atoms. The summed E-state index contributed by atoms with van der Waals surface area (Å²) in [6, 6.07) is 0. The third-order valence-electron chi connectivity index (χ3n) is 2.19. The van der Waals surface area contributed by atoms with Gasteiger partial charge in [0, 0.05) is 0 Å². The van der Waals surface area contributed by atoms with Gasteiger partial charge in [0.25, 0.3) is 0 Å². The Balaban J connectivity index is 4.23. The van der Waals surface area contributed by atoms with Crippen LogP contribution in [0.3, 0.4) is 0 Å². The van der Waals surface area contributed by atoms with Gasteiger partial charge in [0.15, 0.2) is 0 Å². The molecule has 0 bridgehead atoms. The molecule has 0 N–H and O–H groups in total. The summed E-state index contributed by atoms with van der Waals surface area (Å²) in [5.74, 6) is -1.22. The minimum Gasteiger partial charge on any atom is -0.171 e. The summed E-state index contributed by atoms with van der Waals surface area (Å²) in [4.78, 5) is 0. The molecule has 0 amide bonds. The van der Waals surface area contributed by atoms with E-state index in [1.807, 2.05) is 19.9 Å². The first-order valence-electron chi connectivity index (χ1n) is 5.16. The van der Waals surface area contributed by atoms with Crippen molar-refractivity contribution in [3.05, 3.63) is 11.6 Å². The smallest absolute Gasteiger partial charge is 0.171 e. The zero-order chi connectivity index (χ0) is 11.2. The van der Waals surface area contributed by atoms with E-state index in [0.717, 1.165) is 24.8 Å². The Morgan fingerprint density at radius 3 is 2.21 bits per heavy atom. The van der Waals surface area contributed by atoms with Crippen molar-refractivity contribution in [1.29, 1.82) is 0 Å². The standard InChI is InChI=1S/C11H19F3/c1-4-6-10(7-5-2)8-9(3)11(12,13)14/h6,9H,4-5,7-8H2,1-3H3/b10-6+/t9-/m0/s1. The third kappa shape index (κ3) is 5.30. The minimum atomic E-state index is -4.05. The third-order valence-corrected chi connectivity index (χ3v) is 2.19. The van der Waals surface area contributed by atoms with Crippen LogP contribution in [0, 0.1) is 5.92 Å². The second-order valence-corrected chi connectivity index (χ2v) is 3.67. The maximum atomic E-state index is 12.3. The molecule has 14 heavy (non-hydrogen) atoms. The molecule has 0 aliphatic rings. The van der Waals surface area contributed by atoms with E-state index in [1.54, 1.807) is 0 Å². The Labute approximate surface area is 84.2 Å². The van der Waals surface area contributed by atoms with Gasteiger partial charge >= 0.3 is 6.18 Å². The lowest BCUT2D eigenvalue weighted by Gasteiger charge is -2.17. The van der Waals surface area contributed by atoms with E-state index >= 15 is 0 Å². The highest BCUT2D eigenvalue weighted by Gasteiger charge is 2.35. The summed E-state index contributed by atoms with van der Waals surface area (Å²) in [5.41, 5.74) is 0.944. The van der Waals surface area contributed by atoms with Gasteiger partial charge in [-0.3, -0.25) is 0 Å². The molecular weight excluding hydrogens is 189 g/mol. The van der Waals surface area contributed by atoms with Crippen LogP contribution in [-0.4, -0.2) is 6.18 Å². The Kier molecular flexibility index (Phi) is 5.89. The van der Waals surface area contributed by atoms with Crippen LogP contribution >= 0.6 is 0 Å². The summed E-state index contributed by atoms with van der Waals surface area (Å²) in [7, 11) is 0. The molecule has 0 radical (unpaired) electrons. The molecule has 3 heteroatoms. The molecule has 0 fully saturated rings. The van der Waals surface area contributed by atoms with E-state index in [1.165, 1.54) is 6.92 Å². The molecule has 0 unspecified atom stereocenters. The van der Waals surface area contributed by atoms with Crippen molar-refractivity contribution in [3.63, 3.8) is 0 Å². The first-order valence-corrected chi connectivity index (χ1v) is 5.16. The minimum absolute atomic E-state index is 0.158. The van der Waals surface area contributed by atoms with Gasteiger partial charge in [0.1, 0.15) is 0 Å². The molecule has 0 aromatic carbocycles. The molecule has 0 aliphatic heterocycles. The van der Waals surface area contributed by atoms with E-state index in [9.17, 15) is 13.2 Å². The molecule has 0 aromatic heterocycles. The van der Waals surface area contributed by atoms with E-state index < -0.39 is 12.1 Å². The number of halogens is 3. The van der Waals surface area contributed by atoms with Crippen LogP contribution in [0.4, 0.5) is 13.2 Å². The normalized spacial score (nSPS) is 15.7. The summed E-state index contributed by atoms with van der Waals surface area (Å²) in [6.45, 7) is 5.19. The summed E-state index contributed by atoms with van der Waals surface area (Å²) in [5, 5.41) is 0. The molecule has 0 aromatic rings. The fraction of sp³-hybridized carbons (Fsp3) is 0.818. The van der Waals surface area contributed by atoms with Crippen LogP contribution in [0.2, 0.25) is 0 Å². The lowest BCUT2D eigenvalue weighted by Crippen LogP contribution is -2.20. The topological polar surface area (TPSA) is 0 Å². The molecule has 0 saturated heterocycles. The maximum absolute atomic E-state index is 12.3. The van der Waals surface area contributed by atoms with Gasteiger partial charge in [-0.25, -0.2) is 0 Å². The molecular formula is C11H19F3. The number of rotatable bonds is 5. The van der Waals surface area contributed by atoms with Crippen molar-refractivity contribution >= 4 is 0 Å². The average molecular weight is 208 g/mol. The van der Waals surface area contributed by atoms with E-state index in [4.69, 9.17) is 0 Å². The monoisotopic (exact) mass is 208 g/mol. The van der Waals surface area contributed by atoms with Crippen LogP contribution in [0.25, 0.3) is 0 Å². The van der Waals surface area contributed by atoms with E-state index in [-0.39, 0.29) is 6.42 Å². The van der Waals surface area contributed by atoms with Crippen molar-refractivity contribution in [3.8, 4) is 0 Å². The van der Waals surface area contributed by atoms with Crippen LogP contribution in [0.1, 0.15) is 46.5 Å². The zero-order valence-corrected chi connectivity index (χ0v) is 9.12. The predicted molar refractivity (Wildman–Crippen MR) is 53.1 cm³/mol.